The van der Waals surface area contributed by atoms with Gasteiger partial charge in [-0.05, 0) is 37.5 Å². The van der Waals surface area contributed by atoms with E-state index < -0.39 is 12.2 Å². The van der Waals surface area contributed by atoms with E-state index in [4.69, 9.17) is 4.74 Å². The molecule has 2 aromatic rings. The van der Waals surface area contributed by atoms with Crippen LogP contribution in [-0.4, -0.2) is 53.8 Å². The van der Waals surface area contributed by atoms with Crippen molar-refractivity contribution in [3.05, 3.63) is 66.2 Å². The zero-order valence-electron chi connectivity index (χ0n) is 16.3. The highest BCUT2D eigenvalue weighted by Gasteiger charge is 2.45. The summed E-state index contributed by atoms with van der Waals surface area (Å²) in [6.45, 7) is 4.78. The summed E-state index contributed by atoms with van der Waals surface area (Å²) >= 11 is 0. The summed E-state index contributed by atoms with van der Waals surface area (Å²) in [5.74, 6) is 0.0266. The predicted octanol–water partition coefficient (Wildman–Crippen LogP) is 3.01. The smallest absolute Gasteiger partial charge is 0.255 e. The molecule has 0 aliphatic carbocycles. The lowest BCUT2D eigenvalue weighted by atomic mass is 9.88. The van der Waals surface area contributed by atoms with Crippen LogP contribution in [-0.2, 0) is 9.53 Å². The van der Waals surface area contributed by atoms with Gasteiger partial charge in [-0.1, -0.05) is 48.5 Å². The number of β-amino-alcohol motifs (C(OH)–C–C–N with tert-alkyl or cyclic N) is 1. The van der Waals surface area contributed by atoms with E-state index in [1.54, 1.807) is 0 Å². The summed E-state index contributed by atoms with van der Waals surface area (Å²) < 4.78 is 6.24. The Kier molecular flexibility index (Phi) is 5.49. The second kappa shape index (κ2) is 8.03. The Bertz CT molecular complexity index is 788. The Morgan fingerprint density at radius 2 is 1.68 bits per heavy atom. The third-order valence-corrected chi connectivity index (χ3v) is 5.94. The van der Waals surface area contributed by atoms with E-state index in [1.165, 1.54) is 0 Å². The Labute approximate surface area is 166 Å². The number of hydrogen-bond acceptors (Lipinski definition) is 4. The summed E-state index contributed by atoms with van der Waals surface area (Å²) in [7, 11) is 0. The highest BCUT2D eigenvalue weighted by molar-refractivity contribution is 5.97. The fourth-order valence-corrected chi connectivity index (χ4v) is 4.32. The topological polar surface area (TPSA) is 53.0 Å². The standard InChI is InChI=1S/C23H28N2O3/c1-18-22(27)25(20-10-6-3-7-11-20)17-23(28-18)12-14-24(15-13-23)16-21(26)19-8-4-2-5-9-19/h2-11,18,21,26H,12-17H2,1H3/t18-,21-/m1/s1. The lowest BCUT2D eigenvalue weighted by Crippen LogP contribution is -2.61. The molecule has 0 unspecified atom stereocenters. The molecule has 4 rings (SSSR count). The minimum absolute atomic E-state index is 0.0266. The fourth-order valence-electron chi connectivity index (χ4n) is 4.32. The summed E-state index contributed by atoms with van der Waals surface area (Å²) in [4.78, 5) is 16.8. The number of anilines is 1. The maximum atomic E-state index is 12.7. The Morgan fingerprint density at radius 1 is 1.07 bits per heavy atom. The van der Waals surface area contributed by atoms with Gasteiger partial charge in [-0.25, -0.2) is 0 Å². The fraction of sp³-hybridized carbons (Fsp3) is 0.435. The number of likely N-dealkylation sites (tertiary alicyclic amines) is 1. The SMILES string of the molecule is C[C@H]1OC2(CCN(C[C@@H](O)c3ccccc3)CC2)CN(c2ccccc2)C1=O. The number of carbonyl (C=O) groups excluding carboxylic acids is 1. The van der Waals surface area contributed by atoms with Gasteiger partial charge in [0.25, 0.3) is 5.91 Å². The zero-order valence-corrected chi connectivity index (χ0v) is 16.3. The highest BCUT2D eigenvalue weighted by atomic mass is 16.5. The van der Waals surface area contributed by atoms with Crippen LogP contribution in [0.15, 0.2) is 60.7 Å². The van der Waals surface area contributed by atoms with Crippen molar-refractivity contribution in [3.63, 3.8) is 0 Å². The first-order valence-corrected chi connectivity index (χ1v) is 10.1. The largest absolute Gasteiger partial charge is 0.387 e. The van der Waals surface area contributed by atoms with E-state index >= 15 is 0 Å². The Hall–Kier alpha value is -2.21. The van der Waals surface area contributed by atoms with Gasteiger partial charge < -0.3 is 19.6 Å². The van der Waals surface area contributed by atoms with Crippen LogP contribution in [0.4, 0.5) is 5.69 Å². The van der Waals surface area contributed by atoms with E-state index in [1.807, 2.05) is 72.5 Å². The summed E-state index contributed by atoms with van der Waals surface area (Å²) in [6.07, 6.45) is 0.796. The monoisotopic (exact) mass is 380 g/mol. The molecule has 28 heavy (non-hydrogen) atoms. The molecule has 2 aliphatic rings. The Balaban J connectivity index is 1.41. The molecular formula is C23H28N2O3. The van der Waals surface area contributed by atoms with Crippen LogP contribution >= 0.6 is 0 Å². The van der Waals surface area contributed by atoms with Crippen molar-refractivity contribution in [2.24, 2.45) is 0 Å². The maximum Gasteiger partial charge on any atom is 0.255 e. The third kappa shape index (κ3) is 3.97. The molecule has 2 saturated heterocycles. The maximum absolute atomic E-state index is 12.7. The van der Waals surface area contributed by atoms with Gasteiger partial charge in [-0.2, -0.15) is 0 Å². The van der Waals surface area contributed by atoms with Gasteiger partial charge in [0.1, 0.15) is 6.10 Å². The van der Waals surface area contributed by atoms with Crippen molar-refractivity contribution in [1.29, 1.82) is 0 Å². The number of hydrogen-bond donors (Lipinski definition) is 1. The highest BCUT2D eigenvalue weighted by Crippen LogP contribution is 2.35. The van der Waals surface area contributed by atoms with E-state index in [9.17, 15) is 9.90 Å². The van der Waals surface area contributed by atoms with Crippen molar-refractivity contribution in [3.8, 4) is 0 Å². The molecule has 0 radical (unpaired) electrons. The zero-order chi connectivity index (χ0) is 19.6. The van der Waals surface area contributed by atoms with Crippen molar-refractivity contribution in [1.82, 2.24) is 4.90 Å². The third-order valence-electron chi connectivity index (χ3n) is 5.94. The first kappa shape index (κ1) is 19.1. The number of para-hydroxylation sites is 1. The second-order valence-corrected chi connectivity index (χ2v) is 7.93. The molecule has 2 fully saturated rings. The van der Waals surface area contributed by atoms with Crippen LogP contribution in [0.5, 0.6) is 0 Å². The number of aliphatic hydroxyl groups excluding tert-OH is 1. The van der Waals surface area contributed by atoms with E-state index in [0.717, 1.165) is 37.2 Å². The molecule has 2 aromatic carbocycles. The van der Waals surface area contributed by atoms with Gasteiger partial charge in [0.15, 0.2) is 0 Å². The van der Waals surface area contributed by atoms with Gasteiger partial charge in [0, 0.05) is 25.3 Å². The molecular weight excluding hydrogens is 352 g/mol. The van der Waals surface area contributed by atoms with Crippen LogP contribution in [0.25, 0.3) is 0 Å². The molecule has 1 amide bonds. The molecule has 5 heteroatoms. The average molecular weight is 380 g/mol. The lowest BCUT2D eigenvalue weighted by Gasteiger charge is -2.49. The summed E-state index contributed by atoms with van der Waals surface area (Å²) in [5, 5.41) is 10.5. The minimum Gasteiger partial charge on any atom is -0.387 e. The van der Waals surface area contributed by atoms with Crippen molar-refractivity contribution >= 4 is 11.6 Å². The first-order chi connectivity index (χ1) is 13.6. The number of aliphatic hydroxyl groups is 1. The predicted molar refractivity (Wildman–Crippen MR) is 109 cm³/mol. The van der Waals surface area contributed by atoms with Crippen molar-refractivity contribution in [2.75, 3.05) is 31.1 Å². The number of amides is 1. The Morgan fingerprint density at radius 3 is 2.32 bits per heavy atom. The number of nitrogens with zero attached hydrogens (tertiary/aromatic N) is 2. The molecule has 1 spiro atoms. The number of benzene rings is 2. The van der Waals surface area contributed by atoms with Crippen LogP contribution in [0.2, 0.25) is 0 Å². The van der Waals surface area contributed by atoms with Gasteiger partial charge in [-0.15, -0.1) is 0 Å². The van der Waals surface area contributed by atoms with Crippen LogP contribution in [0.1, 0.15) is 31.4 Å². The van der Waals surface area contributed by atoms with Gasteiger partial charge in [0.05, 0.1) is 18.2 Å². The van der Waals surface area contributed by atoms with E-state index in [-0.39, 0.29) is 11.5 Å². The molecule has 0 saturated carbocycles. The van der Waals surface area contributed by atoms with Crippen LogP contribution < -0.4 is 4.90 Å². The van der Waals surface area contributed by atoms with Gasteiger partial charge >= 0.3 is 0 Å². The van der Waals surface area contributed by atoms with Gasteiger partial charge in [-0.3, -0.25) is 4.79 Å². The number of carbonyl (C=O) groups is 1. The summed E-state index contributed by atoms with van der Waals surface area (Å²) in [6, 6.07) is 19.6. The lowest BCUT2D eigenvalue weighted by molar-refractivity contribution is -0.162. The van der Waals surface area contributed by atoms with E-state index in [2.05, 4.69) is 4.90 Å². The quantitative estimate of drug-likeness (QED) is 0.886. The first-order valence-electron chi connectivity index (χ1n) is 10.1. The van der Waals surface area contributed by atoms with Crippen molar-refractivity contribution in [2.45, 2.75) is 37.6 Å². The molecule has 0 bridgehead atoms. The number of piperidine rings is 1. The average Bonchev–Trinajstić information content (AvgIpc) is 2.74. The molecule has 148 valence electrons. The van der Waals surface area contributed by atoms with Crippen molar-refractivity contribution < 1.29 is 14.6 Å². The number of rotatable bonds is 4. The molecule has 2 heterocycles. The van der Waals surface area contributed by atoms with Gasteiger partial charge in [0.2, 0.25) is 0 Å². The minimum atomic E-state index is -0.483. The molecule has 0 aromatic heterocycles. The van der Waals surface area contributed by atoms with E-state index in [0.29, 0.717) is 13.1 Å². The molecule has 5 nitrogen and oxygen atoms in total. The molecule has 2 atom stereocenters. The number of morpholine rings is 1. The molecule has 1 N–H and O–H groups in total. The second-order valence-electron chi connectivity index (χ2n) is 7.93. The molecule has 2 aliphatic heterocycles. The summed E-state index contributed by atoms with van der Waals surface area (Å²) in [5.41, 5.74) is 1.58. The normalized spacial score (nSPS) is 23.7. The van der Waals surface area contributed by atoms with Crippen LogP contribution in [0, 0.1) is 0 Å². The van der Waals surface area contributed by atoms with Crippen LogP contribution in [0.3, 0.4) is 0 Å². The number of ether oxygens (including phenoxy) is 1.